The number of rotatable bonds is 6. The van der Waals surface area contributed by atoms with E-state index in [1.807, 2.05) is 12.1 Å². The Bertz CT molecular complexity index is 840. The molecule has 0 saturated heterocycles. The van der Waals surface area contributed by atoms with Crippen molar-refractivity contribution >= 4 is 11.9 Å². The van der Waals surface area contributed by atoms with E-state index in [-0.39, 0.29) is 25.4 Å². The van der Waals surface area contributed by atoms with Crippen molar-refractivity contribution in [1.29, 1.82) is 0 Å². The summed E-state index contributed by atoms with van der Waals surface area (Å²) in [6, 6.07) is 9.04. The van der Waals surface area contributed by atoms with Gasteiger partial charge in [-0.2, -0.15) is 0 Å². The predicted molar refractivity (Wildman–Crippen MR) is 90.1 cm³/mol. The predicted octanol–water partition coefficient (Wildman–Crippen LogP) is 3.06. The number of methoxy groups -OCH3 is 2. The largest absolute Gasteiger partial charge is 0.493 e. The van der Waals surface area contributed by atoms with Gasteiger partial charge in [0.15, 0.2) is 11.5 Å². The van der Waals surface area contributed by atoms with Crippen LogP contribution in [0.4, 0.5) is 0 Å². The summed E-state index contributed by atoms with van der Waals surface area (Å²) in [5, 5.41) is 9.08. The summed E-state index contributed by atoms with van der Waals surface area (Å²) in [5.41, 5.74) is 3.73. The lowest BCUT2D eigenvalue weighted by atomic mass is 9.91. The zero-order valence-corrected chi connectivity index (χ0v) is 14.0. The Morgan fingerprint density at radius 3 is 2.56 bits per heavy atom. The molecule has 0 aromatic heterocycles. The number of benzene rings is 2. The van der Waals surface area contributed by atoms with E-state index in [4.69, 9.17) is 19.3 Å². The van der Waals surface area contributed by atoms with E-state index in [2.05, 4.69) is 0 Å². The lowest BCUT2D eigenvalue weighted by Crippen LogP contribution is -2.04. The van der Waals surface area contributed by atoms with E-state index in [0.29, 0.717) is 17.1 Å². The number of carbonyl (C=O) groups excluding carboxylic acids is 1. The summed E-state index contributed by atoms with van der Waals surface area (Å²) < 4.78 is 16.0. The maximum atomic E-state index is 11.8. The maximum Gasteiger partial charge on any atom is 0.338 e. The molecular weight excluding hydrogens is 324 g/mol. The highest BCUT2D eigenvalue weighted by Crippen LogP contribution is 2.41. The van der Waals surface area contributed by atoms with Gasteiger partial charge >= 0.3 is 11.9 Å². The Kier molecular flexibility index (Phi) is 4.61. The molecule has 3 rings (SSSR count). The highest BCUT2D eigenvalue weighted by atomic mass is 16.5. The summed E-state index contributed by atoms with van der Waals surface area (Å²) in [4.78, 5) is 22.9. The minimum Gasteiger partial charge on any atom is -0.493 e. The summed E-state index contributed by atoms with van der Waals surface area (Å²) >= 11 is 0. The monoisotopic (exact) mass is 342 g/mol. The third kappa shape index (κ3) is 3.03. The van der Waals surface area contributed by atoms with Crippen molar-refractivity contribution in [3.05, 3.63) is 47.0 Å². The zero-order chi connectivity index (χ0) is 18.0. The number of hydrogen-bond acceptors (Lipinski definition) is 5. The molecule has 1 aliphatic heterocycles. The minimum atomic E-state index is -0.896. The van der Waals surface area contributed by atoms with Gasteiger partial charge in [-0.1, -0.05) is 18.2 Å². The van der Waals surface area contributed by atoms with Crippen LogP contribution in [0.25, 0.3) is 11.1 Å². The van der Waals surface area contributed by atoms with Crippen LogP contribution < -0.4 is 9.47 Å². The number of aliphatic carboxylic acids is 1. The van der Waals surface area contributed by atoms with E-state index >= 15 is 0 Å². The van der Waals surface area contributed by atoms with Gasteiger partial charge in [-0.25, -0.2) is 4.79 Å². The van der Waals surface area contributed by atoms with Crippen molar-refractivity contribution < 1.29 is 28.9 Å². The maximum absolute atomic E-state index is 11.8. The van der Waals surface area contributed by atoms with Gasteiger partial charge in [0.05, 0.1) is 19.8 Å². The van der Waals surface area contributed by atoms with Gasteiger partial charge in [0, 0.05) is 17.5 Å². The standard InChI is InChI=1S/C19H18O6/c1-23-16-8-6-12(13(18(16)24-2)7-9-17(20)21)11-4-3-5-14-15(11)10-25-19(14)22/h3-6,8H,7,9-10H2,1-2H3,(H,20,21). The first-order valence-corrected chi connectivity index (χ1v) is 7.81. The smallest absolute Gasteiger partial charge is 0.338 e. The molecule has 0 fully saturated rings. The molecule has 2 aromatic rings. The molecule has 1 N–H and O–H groups in total. The van der Waals surface area contributed by atoms with Crippen LogP contribution in [-0.2, 0) is 22.6 Å². The molecule has 0 unspecified atom stereocenters. The first kappa shape index (κ1) is 16.8. The molecule has 0 saturated carbocycles. The summed E-state index contributed by atoms with van der Waals surface area (Å²) in [7, 11) is 3.05. The van der Waals surface area contributed by atoms with Gasteiger partial charge < -0.3 is 19.3 Å². The number of hydrogen-bond donors (Lipinski definition) is 1. The molecule has 25 heavy (non-hydrogen) atoms. The second-order valence-electron chi connectivity index (χ2n) is 5.63. The number of esters is 1. The SMILES string of the molecule is COc1ccc(-c2cccc3c2COC3=O)c(CCC(=O)O)c1OC. The quantitative estimate of drug-likeness (QED) is 0.813. The van der Waals surface area contributed by atoms with E-state index < -0.39 is 5.97 Å². The summed E-state index contributed by atoms with van der Waals surface area (Å²) in [6.07, 6.45) is 0.241. The van der Waals surface area contributed by atoms with Crippen molar-refractivity contribution in [2.45, 2.75) is 19.4 Å². The molecule has 130 valence electrons. The van der Waals surface area contributed by atoms with E-state index in [1.54, 1.807) is 18.2 Å². The first-order valence-electron chi connectivity index (χ1n) is 7.81. The van der Waals surface area contributed by atoms with Crippen LogP contribution >= 0.6 is 0 Å². The van der Waals surface area contributed by atoms with Gasteiger partial charge in [0.1, 0.15) is 6.61 Å². The van der Waals surface area contributed by atoms with Crippen molar-refractivity contribution in [3.8, 4) is 22.6 Å². The molecule has 1 heterocycles. The normalized spacial score (nSPS) is 12.5. The minimum absolute atomic E-state index is 0.0407. The van der Waals surface area contributed by atoms with Gasteiger partial charge in [0.25, 0.3) is 0 Å². The molecule has 0 radical (unpaired) electrons. The van der Waals surface area contributed by atoms with Crippen LogP contribution in [0.1, 0.15) is 27.9 Å². The van der Waals surface area contributed by atoms with Gasteiger partial charge in [0.2, 0.25) is 0 Å². The summed E-state index contributed by atoms with van der Waals surface area (Å²) in [6.45, 7) is 0.205. The lowest BCUT2D eigenvalue weighted by Gasteiger charge is -2.18. The first-order chi connectivity index (χ1) is 12.1. The third-order valence-corrected chi connectivity index (χ3v) is 4.27. The molecule has 0 aliphatic carbocycles. The second-order valence-corrected chi connectivity index (χ2v) is 5.63. The average Bonchev–Trinajstić information content (AvgIpc) is 3.00. The fourth-order valence-corrected chi connectivity index (χ4v) is 3.12. The Balaban J connectivity index is 2.19. The Hall–Kier alpha value is -3.02. The highest BCUT2D eigenvalue weighted by Gasteiger charge is 2.26. The third-order valence-electron chi connectivity index (χ3n) is 4.27. The molecule has 2 aromatic carbocycles. The number of ether oxygens (including phenoxy) is 3. The Morgan fingerprint density at radius 2 is 1.88 bits per heavy atom. The van der Waals surface area contributed by atoms with Crippen LogP contribution in [0.5, 0.6) is 11.5 Å². The van der Waals surface area contributed by atoms with Crippen LogP contribution in [0.15, 0.2) is 30.3 Å². The average molecular weight is 342 g/mol. The molecule has 0 spiro atoms. The highest BCUT2D eigenvalue weighted by molar-refractivity contribution is 5.96. The second kappa shape index (κ2) is 6.84. The van der Waals surface area contributed by atoms with Crippen molar-refractivity contribution in [2.75, 3.05) is 14.2 Å². The van der Waals surface area contributed by atoms with Gasteiger partial charge in [-0.05, 0) is 29.7 Å². The van der Waals surface area contributed by atoms with Crippen molar-refractivity contribution in [3.63, 3.8) is 0 Å². The van der Waals surface area contributed by atoms with Crippen LogP contribution in [-0.4, -0.2) is 31.3 Å². The van der Waals surface area contributed by atoms with Gasteiger partial charge in [-0.15, -0.1) is 0 Å². The number of cyclic esters (lactones) is 1. The van der Waals surface area contributed by atoms with E-state index in [1.165, 1.54) is 14.2 Å². The fourth-order valence-electron chi connectivity index (χ4n) is 3.12. The lowest BCUT2D eigenvalue weighted by molar-refractivity contribution is -0.136. The number of carboxylic acids is 1. The van der Waals surface area contributed by atoms with Crippen LogP contribution in [0.2, 0.25) is 0 Å². The number of fused-ring (bicyclic) bond motifs is 1. The zero-order valence-electron chi connectivity index (χ0n) is 14.0. The molecule has 6 nitrogen and oxygen atoms in total. The van der Waals surface area contributed by atoms with Crippen LogP contribution in [0, 0.1) is 0 Å². The number of carbonyl (C=O) groups is 2. The molecule has 0 atom stereocenters. The van der Waals surface area contributed by atoms with Gasteiger partial charge in [-0.3, -0.25) is 4.79 Å². The van der Waals surface area contributed by atoms with E-state index in [0.717, 1.165) is 22.3 Å². The van der Waals surface area contributed by atoms with Crippen molar-refractivity contribution in [1.82, 2.24) is 0 Å². The van der Waals surface area contributed by atoms with Crippen molar-refractivity contribution in [2.24, 2.45) is 0 Å². The van der Waals surface area contributed by atoms with Crippen LogP contribution in [0.3, 0.4) is 0 Å². The Labute approximate surface area is 144 Å². The van der Waals surface area contributed by atoms with E-state index in [9.17, 15) is 9.59 Å². The molecule has 0 amide bonds. The number of carboxylic acid groups (broad SMARTS) is 1. The fraction of sp³-hybridized carbons (Fsp3) is 0.263. The topological polar surface area (TPSA) is 82.1 Å². The molecule has 6 heteroatoms. The summed E-state index contributed by atoms with van der Waals surface area (Å²) in [5.74, 6) is -0.201. The molecule has 0 bridgehead atoms. The molecule has 1 aliphatic rings. The Morgan fingerprint density at radius 1 is 1.12 bits per heavy atom. The molecular formula is C19H18O6.